The highest BCUT2D eigenvalue weighted by molar-refractivity contribution is 5.86. The van der Waals surface area contributed by atoms with Crippen LogP contribution in [-0.2, 0) is 13.5 Å². The molecular weight excluding hydrogens is 242 g/mol. The largest absolute Gasteiger partial charge is 0.497 e. The van der Waals surface area contributed by atoms with Crippen molar-refractivity contribution in [3.05, 3.63) is 30.1 Å². The molecule has 98 valence electrons. The molecule has 5 nitrogen and oxygen atoms in total. The number of methoxy groups -OCH3 is 1. The van der Waals surface area contributed by atoms with E-state index < -0.39 is 0 Å². The lowest BCUT2D eigenvalue weighted by atomic mass is 10.2. The van der Waals surface area contributed by atoms with Crippen LogP contribution in [0.2, 0.25) is 0 Å². The van der Waals surface area contributed by atoms with Crippen LogP contribution in [0.1, 0.15) is 12.7 Å². The number of hydrogen-bond donors (Lipinski definition) is 0. The van der Waals surface area contributed by atoms with Gasteiger partial charge in [-0.3, -0.25) is 0 Å². The van der Waals surface area contributed by atoms with Crippen molar-refractivity contribution >= 4 is 10.9 Å². The van der Waals surface area contributed by atoms with Crippen molar-refractivity contribution < 1.29 is 9.26 Å². The van der Waals surface area contributed by atoms with E-state index in [1.807, 2.05) is 42.8 Å². The Bertz CT molecular complexity index is 727. The van der Waals surface area contributed by atoms with Gasteiger partial charge in [0.05, 0.1) is 7.11 Å². The fraction of sp³-hybridized carbons (Fsp3) is 0.286. The lowest BCUT2D eigenvalue weighted by molar-refractivity contribution is 0.415. The van der Waals surface area contributed by atoms with Gasteiger partial charge >= 0.3 is 0 Å². The highest BCUT2D eigenvalue weighted by Crippen LogP contribution is 2.28. The Morgan fingerprint density at radius 2 is 2.16 bits per heavy atom. The van der Waals surface area contributed by atoms with Gasteiger partial charge in [-0.25, -0.2) is 0 Å². The maximum atomic E-state index is 5.30. The summed E-state index contributed by atoms with van der Waals surface area (Å²) in [5.41, 5.74) is 2.02. The first-order valence-electron chi connectivity index (χ1n) is 6.19. The fourth-order valence-electron chi connectivity index (χ4n) is 2.16. The van der Waals surface area contributed by atoms with Gasteiger partial charge in [-0.05, 0) is 24.3 Å². The van der Waals surface area contributed by atoms with E-state index in [2.05, 4.69) is 10.1 Å². The molecule has 0 fully saturated rings. The van der Waals surface area contributed by atoms with Crippen molar-refractivity contribution in [2.75, 3.05) is 7.11 Å². The van der Waals surface area contributed by atoms with Gasteiger partial charge in [-0.1, -0.05) is 12.1 Å². The number of hydrogen-bond acceptors (Lipinski definition) is 4. The van der Waals surface area contributed by atoms with Gasteiger partial charge in [-0.2, -0.15) is 4.98 Å². The molecule has 0 bridgehead atoms. The van der Waals surface area contributed by atoms with E-state index in [0.717, 1.165) is 34.6 Å². The van der Waals surface area contributed by atoms with Gasteiger partial charge in [0.15, 0.2) is 5.82 Å². The second-order valence-electron chi connectivity index (χ2n) is 4.38. The summed E-state index contributed by atoms with van der Waals surface area (Å²) < 4.78 is 12.6. The predicted octanol–water partition coefficient (Wildman–Crippen LogP) is 2.80. The third-order valence-corrected chi connectivity index (χ3v) is 3.25. The molecule has 2 aromatic heterocycles. The Kier molecular flexibility index (Phi) is 2.74. The first-order valence-corrected chi connectivity index (χ1v) is 6.19. The van der Waals surface area contributed by atoms with Gasteiger partial charge in [0.1, 0.15) is 11.4 Å². The van der Waals surface area contributed by atoms with Crippen molar-refractivity contribution in [3.8, 4) is 17.3 Å². The first kappa shape index (κ1) is 11.8. The molecule has 0 saturated carbocycles. The van der Waals surface area contributed by atoms with E-state index in [1.54, 1.807) is 7.11 Å². The van der Waals surface area contributed by atoms with Crippen molar-refractivity contribution in [2.24, 2.45) is 7.05 Å². The average Bonchev–Trinajstić information content (AvgIpc) is 3.03. The molecule has 0 amide bonds. The van der Waals surface area contributed by atoms with E-state index >= 15 is 0 Å². The quantitative estimate of drug-likeness (QED) is 0.724. The Morgan fingerprint density at radius 1 is 1.32 bits per heavy atom. The normalized spacial score (nSPS) is 11.1. The van der Waals surface area contributed by atoms with Gasteiger partial charge in [0, 0.05) is 24.4 Å². The fourth-order valence-corrected chi connectivity index (χ4v) is 2.16. The second-order valence-corrected chi connectivity index (χ2v) is 4.38. The lowest BCUT2D eigenvalue weighted by Gasteiger charge is -2.01. The summed E-state index contributed by atoms with van der Waals surface area (Å²) in [6.07, 6.45) is 0.765. The molecule has 0 atom stereocenters. The molecule has 19 heavy (non-hydrogen) atoms. The Balaban J connectivity index is 2.16. The third kappa shape index (κ3) is 1.87. The molecule has 3 aromatic rings. The molecule has 0 saturated heterocycles. The molecule has 2 heterocycles. The Morgan fingerprint density at radius 3 is 2.84 bits per heavy atom. The second kappa shape index (κ2) is 4.42. The lowest BCUT2D eigenvalue weighted by Crippen LogP contribution is -1.91. The highest BCUT2D eigenvalue weighted by Gasteiger charge is 2.14. The van der Waals surface area contributed by atoms with E-state index in [1.165, 1.54) is 0 Å². The minimum atomic E-state index is 0.550. The number of fused-ring (bicyclic) bond motifs is 1. The Labute approximate surface area is 110 Å². The van der Waals surface area contributed by atoms with Crippen LogP contribution >= 0.6 is 0 Å². The van der Waals surface area contributed by atoms with Gasteiger partial charge in [0.25, 0.3) is 5.89 Å². The number of aromatic nitrogens is 3. The smallest absolute Gasteiger partial charge is 0.274 e. The summed E-state index contributed by atoms with van der Waals surface area (Å²) in [5, 5.41) is 5.02. The van der Waals surface area contributed by atoms with E-state index in [4.69, 9.17) is 9.26 Å². The summed E-state index contributed by atoms with van der Waals surface area (Å²) in [4.78, 5) is 4.37. The maximum Gasteiger partial charge on any atom is 0.274 e. The van der Waals surface area contributed by atoms with Gasteiger partial charge in [0.2, 0.25) is 0 Å². The monoisotopic (exact) mass is 257 g/mol. The number of ether oxygens (including phenoxy) is 1. The first-order chi connectivity index (χ1) is 9.22. The molecule has 0 aliphatic rings. The number of benzene rings is 1. The van der Waals surface area contributed by atoms with Crippen molar-refractivity contribution in [2.45, 2.75) is 13.3 Å². The summed E-state index contributed by atoms with van der Waals surface area (Å²) in [6, 6.07) is 7.99. The van der Waals surface area contributed by atoms with E-state index in [0.29, 0.717) is 5.89 Å². The highest BCUT2D eigenvalue weighted by atomic mass is 16.5. The average molecular weight is 257 g/mol. The molecule has 0 spiro atoms. The topological polar surface area (TPSA) is 53.1 Å². The molecule has 0 N–H and O–H groups in total. The SMILES string of the molecule is CCc1noc(-c2cc3cc(OC)ccc3n2C)n1. The standard InChI is InChI=1S/C14H15N3O2/c1-4-13-15-14(19-16-13)12-8-9-7-10(18-3)5-6-11(9)17(12)2/h5-8H,4H2,1-3H3. The van der Waals surface area contributed by atoms with Crippen LogP contribution in [0.25, 0.3) is 22.5 Å². The molecule has 5 heteroatoms. The van der Waals surface area contributed by atoms with E-state index in [9.17, 15) is 0 Å². The van der Waals surface area contributed by atoms with E-state index in [-0.39, 0.29) is 0 Å². The number of nitrogens with zero attached hydrogens (tertiary/aromatic N) is 3. The third-order valence-electron chi connectivity index (χ3n) is 3.25. The molecule has 0 aliphatic heterocycles. The van der Waals surface area contributed by atoms with Gasteiger partial charge in [-0.15, -0.1) is 0 Å². The van der Waals surface area contributed by atoms with Crippen molar-refractivity contribution in [1.29, 1.82) is 0 Å². The zero-order chi connectivity index (χ0) is 13.4. The van der Waals surface area contributed by atoms with Crippen LogP contribution < -0.4 is 4.74 Å². The minimum absolute atomic E-state index is 0.550. The van der Waals surface area contributed by atoms with Crippen LogP contribution in [0.4, 0.5) is 0 Å². The molecule has 0 unspecified atom stereocenters. The molecule has 0 aliphatic carbocycles. The summed E-state index contributed by atoms with van der Waals surface area (Å²) in [7, 11) is 3.65. The molecule has 1 aromatic carbocycles. The molecule has 3 rings (SSSR count). The minimum Gasteiger partial charge on any atom is -0.497 e. The Hall–Kier alpha value is -2.30. The van der Waals surface area contributed by atoms with Gasteiger partial charge < -0.3 is 13.8 Å². The summed E-state index contributed by atoms with van der Waals surface area (Å²) in [6.45, 7) is 2.00. The summed E-state index contributed by atoms with van der Waals surface area (Å²) in [5.74, 6) is 2.11. The van der Waals surface area contributed by atoms with Crippen LogP contribution in [0.15, 0.2) is 28.8 Å². The summed E-state index contributed by atoms with van der Waals surface area (Å²) >= 11 is 0. The zero-order valence-electron chi connectivity index (χ0n) is 11.2. The van der Waals surface area contributed by atoms with Crippen molar-refractivity contribution in [3.63, 3.8) is 0 Å². The number of aryl methyl sites for hydroxylation is 2. The van der Waals surface area contributed by atoms with Crippen LogP contribution in [0.3, 0.4) is 0 Å². The zero-order valence-corrected chi connectivity index (χ0v) is 11.2. The van der Waals surface area contributed by atoms with Crippen LogP contribution in [-0.4, -0.2) is 21.8 Å². The maximum absolute atomic E-state index is 5.30. The predicted molar refractivity (Wildman–Crippen MR) is 72.1 cm³/mol. The molecular formula is C14H15N3O2. The van der Waals surface area contributed by atoms with Crippen LogP contribution in [0.5, 0.6) is 5.75 Å². The van der Waals surface area contributed by atoms with Crippen LogP contribution in [0, 0.1) is 0 Å². The van der Waals surface area contributed by atoms with Crippen molar-refractivity contribution in [1.82, 2.24) is 14.7 Å². The molecule has 0 radical (unpaired) electrons. The number of rotatable bonds is 3.